The van der Waals surface area contributed by atoms with E-state index in [-0.39, 0.29) is 60.5 Å². The van der Waals surface area contributed by atoms with Crippen LogP contribution in [0.15, 0.2) is 60.3 Å². The molecule has 2 aromatic carbocycles. The summed E-state index contributed by atoms with van der Waals surface area (Å²) in [6, 6.07) is 14.4. The fourth-order valence-corrected chi connectivity index (χ4v) is 7.07. The number of hydrogen-bond donors (Lipinski definition) is 3. The number of rotatable bonds is 13. The molecule has 1 unspecified atom stereocenters. The van der Waals surface area contributed by atoms with Crippen LogP contribution in [0.25, 0.3) is 0 Å². The molecular weight excluding hydrogens is 640 g/mol. The number of imide groups is 1. The number of ketones is 2. The number of ether oxygens (including phenoxy) is 1. The number of carbonyl (C=O) groups excluding carboxylic acids is 6. The number of Topliss-reactive ketones (excluding diaryl/α,β-unsaturated/α-hetero) is 2. The number of hydrogen-bond acceptors (Lipinski definition) is 10. The molecule has 13 nitrogen and oxygen atoms in total. The summed E-state index contributed by atoms with van der Waals surface area (Å²) in [5.74, 6) is -1.18. The largest absolute Gasteiger partial charge is 0.389 e. The third-order valence-electron chi connectivity index (χ3n) is 9.91. The Bertz CT molecular complexity index is 1630. The normalized spacial score (nSPS) is 21.3. The van der Waals surface area contributed by atoms with Crippen molar-refractivity contribution in [1.29, 1.82) is 0 Å². The van der Waals surface area contributed by atoms with Gasteiger partial charge in [-0.3, -0.25) is 39.0 Å². The highest BCUT2D eigenvalue weighted by Crippen LogP contribution is 2.33. The molecule has 4 amide bonds. The first-order chi connectivity index (χ1) is 24.3. The molecule has 3 aliphatic heterocycles. The Balaban J connectivity index is 0.840. The number of piperidine rings is 1. The van der Waals surface area contributed by atoms with E-state index in [9.17, 15) is 28.8 Å². The molecule has 1 saturated carbocycles. The van der Waals surface area contributed by atoms with Gasteiger partial charge < -0.3 is 25.2 Å². The fourth-order valence-electron chi connectivity index (χ4n) is 7.07. The average molecular weight is 685 g/mol. The van der Waals surface area contributed by atoms with Crippen LogP contribution in [0.3, 0.4) is 0 Å². The first-order valence-corrected chi connectivity index (χ1v) is 17.4. The van der Waals surface area contributed by atoms with Gasteiger partial charge in [0.1, 0.15) is 12.8 Å². The van der Waals surface area contributed by atoms with Gasteiger partial charge >= 0.3 is 0 Å². The lowest BCUT2D eigenvalue weighted by Gasteiger charge is -2.34. The third kappa shape index (κ3) is 8.28. The van der Waals surface area contributed by atoms with E-state index in [4.69, 9.17) is 4.74 Å². The maximum Gasteiger partial charge on any atom is 0.255 e. The minimum absolute atomic E-state index is 0.0605. The van der Waals surface area contributed by atoms with Crippen molar-refractivity contribution >= 4 is 40.9 Å². The Kier molecular flexibility index (Phi) is 11.3. The number of carbonyl (C=O) groups is 6. The van der Waals surface area contributed by atoms with Gasteiger partial charge in [-0.2, -0.15) is 0 Å². The average Bonchev–Trinajstić information content (AvgIpc) is 3.45. The van der Waals surface area contributed by atoms with Crippen LogP contribution in [0.2, 0.25) is 0 Å². The minimum Gasteiger partial charge on any atom is -0.389 e. The molecule has 2 saturated heterocycles. The van der Waals surface area contributed by atoms with Crippen molar-refractivity contribution in [1.82, 2.24) is 25.3 Å². The predicted octanol–water partition coefficient (Wildman–Crippen LogP) is 1.95. The van der Waals surface area contributed by atoms with Gasteiger partial charge in [-0.25, -0.2) is 0 Å². The third-order valence-corrected chi connectivity index (χ3v) is 9.91. The Morgan fingerprint density at radius 2 is 1.70 bits per heavy atom. The van der Waals surface area contributed by atoms with Gasteiger partial charge in [0, 0.05) is 101 Å². The van der Waals surface area contributed by atoms with Gasteiger partial charge in [0.25, 0.3) is 5.91 Å². The summed E-state index contributed by atoms with van der Waals surface area (Å²) < 4.78 is 5.74. The summed E-state index contributed by atoms with van der Waals surface area (Å²) >= 11 is 0. The smallest absolute Gasteiger partial charge is 0.255 e. The summed E-state index contributed by atoms with van der Waals surface area (Å²) in [4.78, 5) is 80.7. The molecule has 1 aliphatic carbocycles. The van der Waals surface area contributed by atoms with Crippen molar-refractivity contribution < 1.29 is 33.5 Å². The standard InChI is InChI=1S/C37H44N6O7/c44-32-20-26(25-6-2-1-3-7-25)21-33(45)28(32)22-38-13-14-41-15-17-42(18-16-41)35(47)10-5-19-50-24-39-30-9-4-8-27-29(30)23-43(37(27)49)31-11-12-34(46)40-36(31)48/h1-4,6-9,22,26,31,38-39H,5,10-21,23-24H2,(H,40,46,48). The molecule has 3 N–H and O–H groups in total. The highest BCUT2D eigenvalue weighted by molar-refractivity contribution is 6.22. The first kappa shape index (κ1) is 35.0. The monoisotopic (exact) mass is 684 g/mol. The van der Waals surface area contributed by atoms with Crippen LogP contribution in [0.1, 0.15) is 65.9 Å². The van der Waals surface area contributed by atoms with Crippen molar-refractivity contribution in [3.63, 3.8) is 0 Å². The molecule has 264 valence electrons. The van der Waals surface area contributed by atoms with E-state index >= 15 is 0 Å². The van der Waals surface area contributed by atoms with Gasteiger partial charge in [0.2, 0.25) is 17.7 Å². The number of amides is 4. The van der Waals surface area contributed by atoms with Crippen LogP contribution >= 0.6 is 0 Å². The van der Waals surface area contributed by atoms with Crippen LogP contribution in [-0.2, 0) is 35.3 Å². The number of piperazine rings is 1. The van der Waals surface area contributed by atoms with E-state index in [2.05, 4.69) is 20.9 Å². The zero-order chi connectivity index (χ0) is 35.0. The molecular formula is C37H44N6O7. The van der Waals surface area contributed by atoms with Gasteiger partial charge in [0.05, 0.1) is 5.57 Å². The number of anilines is 1. The van der Waals surface area contributed by atoms with E-state index in [1.807, 2.05) is 41.3 Å². The van der Waals surface area contributed by atoms with E-state index < -0.39 is 11.9 Å². The number of allylic oxidation sites excluding steroid dienone is 1. The zero-order valence-electron chi connectivity index (χ0n) is 28.2. The van der Waals surface area contributed by atoms with Crippen LogP contribution in [0.5, 0.6) is 0 Å². The summed E-state index contributed by atoms with van der Waals surface area (Å²) in [5, 5.41) is 8.69. The van der Waals surface area contributed by atoms with Gasteiger partial charge in [-0.1, -0.05) is 36.4 Å². The maximum absolute atomic E-state index is 13.0. The topological polar surface area (TPSA) is 157 Å². The van der Waals surface area contributed by atoms with Gasteiger partial charge in [0.15, 0.2) is 11.6 Å². The van der Waals surface area contributed by atoms with Crippen LogP contribution in [0.4, 0.5) is 5.69 Å². The summed E-state index contributed by atoms with van der Waals surface area (Å²) in [5.41, 5.74) is 3.35. The Hall–Kier alpha value is -4.88. The lowest BCUT2D eigenvalue weighted by Crippen LogP contribution is -2.52. The predicted molar refractivity (Wildman–Crippen MR) is 184 cm³/mol. The molecule has 2 aromatic rings. The molecule has 4 aliphatic rings. The van der Waals surface area contributed by atoms with Crippen molar-refractivity contribution in [3.8, 4) is 0 Å². The molecule has 3 heterocycles. The van der Waals surface area contributed by atoms with Crippen LogP contribution in [0, 0.1) is 0 Å². The van der Waals surface area contributed by atoms with E-state index in [0.717, 1.165) is 36.4 Å². The molecule has 13 heteroatoms. The SMILES string of the molecule is O=C1CCC(N2Cc3c(NCOCCCC(=O)N4CCN(CCNC=C5C(=O)CC(c6ccccc6)CC5=O)CC4)cccc3C2=O)C(=O)N1. The fraction of sp³-hybridized carbons (Fsp3) is 0.459. The number of fused-ring (bicyclic) bond motifs is 1. The van der Waals surface area contributed by atoms with Crippen molar-refractivity contribution in [2.45, 2.75) is 57.0 Å². The second-order valence-electron chi connectivity index (χ2n) is 13.2. The van der Waals surface area contributed by atoms with E-state index in [1.165, 1.54) is 4.90 Å². The Morgan fingerprint density at radius 1 is 0.940 bits per heavy atom. The lowest BCUT2D eigenvalue weighted by atomic mass is 9.80. The zero-order valence-corrected chi connectivity index (χ0v) is 28.2. The number of nitrogens with zero attached hydrogens (tertiary/aromatic N) is 3. The molecule has 3 fully saturated rings. The quantitative estimate of drug-likeness (QED) is 0.0937. The van der Waals surface area contributed by atoms with E-state index in [0.29, 0.717) is 63.9 Å². The molecule has 50 heavy (non-hydrogen) atoms. The Labute approximate surface area is 291 Å². The second kappa shape index (κ2) is 16.2. The van der Waals surface area contributed by atoms with Crippen LogP contribution < -0.4 is 16.0 Å². The van der Waals surface area contributed by atoms with Crippen LogP contribution in [-0.4, -0.2) is 109 Å². The number of nitrogens with one attached hydrogen (secondary N) is 3. The highest BCUT2D eigenvalue weighted by Gasteiger charge is 2.40. The molecule has 6 rings (SSSR count). The Morgan fingerprint density at radius 3 is 2.44 bits per heavy atom. The summed E-state index contributed by atoms with van der Waals surface area (Å²) in [6.45, 7) is 5.03. The van der Waals surface area contributed by atoms with Crippen molar-refractivity contribution in [2.24, 2.45) is 0 Å². The molecule has 0 spiro atoms. The summed E-state index contributed by atoms with van der Waals surface area (Å²) in [7, 11) is 0. The minimum atomic E-state index is -0.668. The van der Waals surface area contributed by atoms with Crippen molar-refractivity contribution in [3.05, 3.63) is 77.0 Å². The first-order valence-electron chi connectivity index (χ1n) is 17.4. The highest BCUT2D eigenvalue weighted by atomic mass is 16.5. The maximum atomic E-state index is 13.0. The number of benzene rings is 2. The molecule has 1 atom stereocenters. The molecule has 0 bridgehead atoms. The van der Waals surface area contributed by atoms with Gasteiger partial charge in [-0.05, 0) is 36.5 Å². The second-order valence-corrected chi connectivity index (χ2v) is 13.2. The lowest BCUT2D eigenvalue weighted by molar-refractivity contribution is -0.137. The summed E-state index contributed by atoms with van der Waals surface area (Å²) in [6.07, 6.45) is 3.75. The molecule has 0 radical (unpaired) electrons. The van der Waals surface area contributed by atoms with Gasteiger partial charge in [-0.15, -0.1) is 0 Å². The van der Waals surface area contributed by atoms with Crippen molar-refractivity contribution in [2.75, 3.05) is 57.9 Å². The molecule has 0 aromatic heterocycles. The van der Waals surface area contributed by atoms with E-state index in [1.54, 1.807) is 18.3 Å².